The molecule has 1 saturated carbocycles. The fourth-order valence-corrected chi connectivity index (χ4v) is 4.06. The number of nitrogens with zero attached hydrogens (tertiary/aromatic N) is 1. The molecule has 0 aliphatic heterocycles. The summed E-state index contributed by atoms with van der Waals surface area (Å²) in [6, 6.07) is 8.62. The number of oxime groups is 1. The molecule has 0 bridgehead atoms. The molecule has 0 spiro atoms. The predicted octanol–water partition coefficient (Wildman–Crippen LogP) is 4.98. The highest BCUT2D eigenvalue weighted by Crippen LogP contribution is 2.42. The van der Waals surface area contributed by atoms with E-state index in [0.29, 0.717) is 5.92 Å². The zero-order chi connectivity index (χ0) is 13.9. The molecule has 2 nitrogen and oxygen atoms in total. The fourth-order valence-electron chi connectivity index (χ4n) is 3.60. The lowest BCUT2D eigenvalue weighted by Gasteiger charge is -2.14. The number of rotatable bonds is 3. The van der Waals surface area contributed by atoms with Crippen LogP contribution in [0.3, 0.4) is 0 Å². The van der Waals surface area contributed by atoms with Gasteiger partial charge in [-0.25, -0.2) is 0 Å². The zero-order valence-corrected chi connectivity index (χ0v) is 12.7. The van der Waals surface area contributed by atoms with Gasteiger partial charge in [0.05, 0.1) is 5.71 Å². The third-order valence-electron chi connectivity index (χ3n) is 4.57. The van der Waals surface area contributed by atoms with Gasteiger partial charge in [-0.2, -0.15) is 0 Å². The van der Waals surface area contributed by atoms with Crippen LogP contribution in [0.2, 0.25) is 0 Å². The van der Waals surface area contributed by atoms with Gasteiger partial charge in [-0.05, 0) is 55.6 Å². The zero-order valence-electron chi connectivity index (χ0n) is 11.9. The van der Waals surface area contributed by atoms with E-state index in [1.807, 2.05) is 0 Å². The van der Waals surface area contributed by atoms with Crippen LogP contribution in [0.4, 0.5) is 0 Å². The average Bonchev–Trinajstić information content (AvgIpc) is 3.15. The molecule has 1 aromatic carbocycles. The van der Waals surface area contributed by atoms with Gasteiger partial charge in [-0.3, -0.25) is 0 Å². The molecule has 0 amide bonds. The van der Waals surface area contributed by atoms with Gasteiger partial charge in [0.25, 0.3) is 0 Å². The molecule has 0 unspecified atom stereocenters. The van der Waals surface area contributed by atoms with Crippen LogP contribution < -0.4 is 0 Å². The Morgan fingerprint density at radius 2 is 2.00 bits per heavy atom. The van der Waals surface area contributed by atoms with Crippen molar-refractivity contribution in [1.29, 1.82) is 0 Å². The van der Waals surface area contributed by atoms with Crippen LogP contribution in [0.25, 0.3) is 5.57 Å². The molecule has 0 heterocycles. The molecule has 2 aliphatic rings. The standard InChI is InChI=1S/C17H21NOS/c1-20-14-8-4-7-13(11-14)17-15(9-10-16(17)18-19)12-5-2-3-6-12/h4,7-8,11-12,19H,2-3,5-6,9-10H2,1H3. The Hall–Kier alpha value is -1.22. The summed E-state index contributed by atoms with van der Waals surface area (Å²) >= 11 is 1.76. The van der Waals surface area contributed by atoms with Crippen LogP contribution in [-0.4, -0.2) is 17.2 Å². The van der Waals surface area contributed by atoms with E-state index < -0.39 is 0 Å². The van der Waals surface area contributed by atoms with Crippen LogP contribution in [0.1, 0.15) is 44.1 Å². The van der Waals surface area contributed by atoms with Gasteiger partial charge >= 0.3 is 0 Å². The van der Waals surface area contributed by atoms with Gasteiger partial charge in [-0.15, -0.1) is 11.8 Å². The smallest absolute Gasteiger partial charge is 0.0876 e. The second-order valence-electron chi connectivity index (χ2n) is 5.66. The first-order valence-electron chi connectivity index (χ1n) is 7.42. The minimum atomic E-state index is 0.710. The molecule has 3 rings (SSSR count). The first-order chi connectivity index (χ1) is 9.83. The molecule has 106 valence electrons. The summed E-state index contributed by atoms with van der Waals surface area (Å²) in [6.45, 7) is 0. The van der Waals surface area contributed by atoms with Crippen LogP contribution in [-0.2, 0) is 0 Å². The topological polar surface area (TPSA) is 32.6 Å². The molecule has 3 heteroatoms. The maximum absolute atomic E-state index is 9.33. The minimum absolute atomic E-state index is 0.710. The molecule has 0 atom stereocenters. The van der Waals surface area contributed by atoms with Crippen molar-refractivity contribution >= 4 is 23.0 Å². The summed E-state index contributed by atoms with van der Waals surface area (Å²) in [4.78, 5) is 1.27. The summed E-state index contributed by atoms with van der Waals surface area (Å²) < 4.78 is 0. The molecule has 20 heavy (non-hydrogen) atoms. The van der Waals surface area contributed by atoms with Crippen molar-refractivity contribution in [2.24, 2.45) is 11.1 Å². The quantitative estimate of drug-likeness (QED) is 0.483. The van der Waals surface area contributed by atoms with Crippen molar-refractivity contribution in [2.45, 2.75) is 43.4 Å². The lowest BCUT2D eigenvalue weighted by atomic mass is 9.91. The van der Waals surface area contributed by atoms with Crippen LogP contribution in [0.5, 0.6) is 0 Å². The Bertz CT molecular complexity index is 556. The van der Waals surface area contributed by atoms with Gasteiger partial charge in [0.1, 0.15) is 0 Å². The maximum Gasteiger partial charge on any atom is 0.0876 e. The van der Waals surface area contributed by atoms with Gasteiger partial charge < -0.3 is 5.21 Å². The second kappa shape index (κ2) is 6.04. The maximum atomic E-state index is 9.33. The first-order valence-corrected chi connectivity index (χ1v) is 8.64. The predicted molar refractivity (Wildman–Crippen MR) is 85.6 cm³/mol. The number of benzene rings is 1. The highest BCUT2D eigenvalue weighted by atomic mass is 32.2. The van der Waals surface area contributed by atoms with Gasteiger partial charge in [0.15, 0.2) is 0 Å². The van der Waals surface area contributed by atoms with E-state index in [4.69, 9.17) is 0 Å². The summed E-state index contributed by atoms with van der Waals surface area (Å²) in [7, 11) is 0. The number of thioether (sulfide) groups is 1. The highest BCUT2D eigenvalue weighted by Gasteiger charge is 2.30. The lowest BCUT2D eigenvalue weighted by molar-refractivity contribution is 0.319. The minimum Gasteiger partial charge on any atom is -0.411 e. The van der Waals surface area contributed by atoms with E-state index in [-0.39, 0.29) is 0 Å². The van der Waals surface area contributed by atoms with Crippen LogP contribution >= 0.6 is 11.8 Å². The summed E-state index contributed by atoms with van der Waals surface area (Å²) in [6.07, 6.45) is 9.36. The van der Waals surface area contributed by atoms with Crippen LogP contribution in [0.15, 0.2) is 39.9 Å². The van der Waals surface area contributed by atoms with Crippen molar-refractivity contribution in [3.63, 3.8) is 0 Å². The van der Waals surface area contributed by atoms with Crippen LogP contribution in [0, 0.1) is 5.92 Å². The molecule has 1 N–H and O–H groups in total. The molecule has 1 aromatic rings. The van der Waals surface area contributed by atoms with Crippen molar-refractivity contribution in [3.05, 3.63) is 35.4 Å². The Labute approximate surface area is 125 Å². The molecule has 0 radical (unpaired) electrons. The Morgan fingerprint density at radius 1 is 1.20 bits per heavy atom. The third kappa shape index (κ3) is 2.51. The highest BCUT2D eigenvalue weighted by molar-refractivity contribution is 7.98. The first kappa shape index (κ1) is 13.7. The molecular formula is C17H21NOS. The Morgan fingerprint density at radius 3 is 2.70 bits per heavy atom. The number of hydrogen-bond donors (Lipinski definition) is 1. The van der Waals surface area contributed by atoms with E-state index >= 15 is 0 Å². The number of hydrogen-bond acceptors (Lipinski definition) is 3. The van der Waals surface area contributed by atoms with Gasteiger partial charge in [-0.1, -0.05) is 35.7 Å². The normalized spacial score (nSPS) is 22.1. The second-order valence-corrected chi connectivity index (χ2v) is 6.54. The molecular weight excluding hydrogens is 266 g/mol. The summed E-state index contributed by atoms with van der Waals surface area (Å²) in [5.41, 5.74) is 4.87. The summed E-state index contributed by atoms with van der Waals surface area (Å²) in [5.74, 6) is 0.710. The third-order valence-corrected chi connectivity index (χ3v) is 5.29. The lowest BCUT2D eigenvalue weighted by Crippen LogP contribution is -2.01. The van der Waals surface area contributed by atoms with E-state index in [1.165, 1.54) is 47.3 Å². The van der Waals surface area contributed by atoms with Gasteiger partial charge in [0, 0.05) is 10.5 Å². The average molecular weight is 287 g/mol. The van der Waals surface area contributed by atoms with E-state index in [9.17, 15) is 5.21 Å². The molecule has 2 aliphatic carbocycles. The Balaban J connectivity index is 2.05. The van der Waals surface area contributed by atoms with E-state index in [0.717, 1.165) is 18.6 Å². The van der Waals surface area contributed by atoms with Crippen molar-refractivity contribution < 1.29 is 5.21 Å². The van der Waals surface area contributed by atoms with Crippen molar-refractivity contribution in [3.8, 4) is 0 Å². The van der Waals surface area contributed by atoms with Gasteiger partial charge in [0.2, 0.25) is 0 Å². The van der Waals surface area contributed by atoms with Crippen molar-refractivity contribution in [2.75, 3.05) is 6.26 Å². The van der Waals surface area contributed by atoms with E-state index in [1.54, 1.807) is 11.8 Å². The largest absolute Gasteiger partial charge is 0.411 e. The Kier molecular flexibility index (Phi) is 4.16. The van der Waals surface area contributed by atoms with Crippen molar-refractivity contribution in [1.82, 2.24) is 0 Å². The molecule has 1 fully saturated rings. The molecule has 0 saturated heterocycles. The SMILES string of the molecule is CSc1cccc(C2=C(C3CCCC3)CCC2=NO)c1. The fraction of sp³-hybridized carbons (Fsp3) is 0.471. The summed E-state index contributed by atoms with van der Waals surface area (Å²) in [5, 5.41) is 12.9. The number of allylic oxidation sites excluding steroid dienone is 2. The molecule has 0 aromatic heterocycles. The monoisotopic (exact) mass is 287 g/mol. The van der Waals surface area contributed by atoms with E-state index in [2.05, 4.69) is 35.7 Å².